The van der Waals surface area contributed by atoms with Gasteiger partial charge >= 0.3 is 6.09 Å². The van der Waals surface area contributed by atoms with Crippen LogP contribution in [0.5, 0.6) is 0 Å². The van der Waals surface area contributed by atoms with Crippen LogP contribution in [0.3, 0.4) is 0 Å². The average molecular weight is 536 g/mol. The minimum absolute atomic E-state index is 0.101. The van der Waals surface area contributed by atoms with Gasteiger partial charge < -0.3 is 14.2 Å². The van der Waals surface area contributed by atoms with E-state index >= 15 is 0 Å². The Morgan fingerprint density at radius 3 is 1.79 bits per heavy atom. The summed E-state index contributed by atoms with van der Waals surface area (Å²) in [4.78, 5) is 25.5. The Balaban J connectivity index is 1.92. The van der Waals surface area contributed by atoms with E-state index in [4.69, 9.17) is 14.2 Å². The quantitative estimate of drug-likeness (QED) is 0.105. The van der Waals surface area contributed by atoms with Crippen molar-refractivity contribution < 1.29 is 28.4 Å². The molecule has 2 amide bonds. The van der Waals surface area contributed by atoms with E-state index in [0.29, 0.717) is 13.2 Å². The maximum absolute atomic E-state index is 12.4. The topological polar surface area (TPSA) is 69.0 Å². The number of carbonyl (C=O) groups excluding carboxylic acids is 2. The first kappa shape index (κ1) is 34.0. The summed E-state index contributed by atoms with van der Waals surface area (Å²) >= 11 is 0. The molecule has 0 aliphatic rings. The van der Waals surface area contributed by atoms with Crippen molar-refractivity contribution in [3.05, 3.63) is 30.1 Å². The van der Waals surface area contributed by atoms with Crippen molar-refractivity contribution in [2.24, 2.45) is 0 Å². The van der Waals surface area contributed by atoms with Crippen LogP contribution in [0.1, 0.15) is 116 Å². The van der Waals surface area contributed by atoms with E-state index in [-0.39, 0.29) is 25.7 Å². The average Bonchev–Trinajstić information content (AvgIpc) is 2.92. The molecule has 218 valence electrons. The maximum Gasteiger partial charge on any atom is 0.417 e. The normalized spacial score (nSPS) is 11.0. The molecule has 0 N–H and O–H groups in total. The molecule has 0 aromatic carbocycles. The lowest BCUT2D eigenvalue weighted by atomic mass is 10.0. The molecule has 7 heteroatoms. The van der Waals surface area contributed by atoms with Gasteiger partial charge in [-0.25, -0.2) is 14.3 Å². The summed E-state index contributed by atoms with van der Waals surface area (Å²) in [6, 6.07) is 5.71. The van der Waals surface area contributed by atoms with Crippen molar-refractivity contribution in [3.8, 4) is 0 Å². The van der Waals surface area contributed by atoms with Crippen LogP contribution >= 0.6 is 0 Å². The zero-order chi connectivity index (χ0) is 27.7. The fraction of sp³-hybridized carbons (Fsp3) is 0.774. The molecule has 1 rings (SSSR count). The Bertz CT molecular complexity index is 728. The van der Waals surface area contributed by atoms with E-state index < -0.39 is 6.09 Å². The molecule has 0 saturated carbocycles. The predicted octanol–water partition coefficient (Wildman–Crippen LogP) is 6.99. The fourth-order valence-corrected chi connectivity index (χ4v) is 4.42. The molecule has 0 saturated heterocycles. The van der Waals surface area contributed by atoms with E-state index in [1.54, 1.807) is 0 Å². The van der Waals surface area contributed by atoms with Crippen molar-refractivity contribution in [1.29, 1.82) is 0 Å². The molecule has 0 spiro atoms. The van der Waals surface area contributed by atoms with Crippen LogP contribution < -0.4 is 4.57 Å². The summed E-state index contributed by atoms with van der Waals surface area (Å²) in [5, 5.41) is 0. The van der Waals surface area contributed by atoms with Gasteiger partial charge in [-0.2, -0.15) is 0 Å². The van der Waals surface area contributed by atoms with Gasteiger partial charge in [0.15, 0.2) is 6.20 Å². The Hall–Kier alpha value is -1.99. The molecule has 0 aliphatic heterocycles. The monoisotopic (exact) mass is 535 g/mol. The second kappa shape index (κ2) is 24.1. The van der Waals surface area contributed by atoms with Crippen LogP contribution in [-0.2, 0) is 32.1 Å². The van der Waals surface area contributed by atoms with Crippen LogP contribution in [0.25, 0.3) is 0 Å². The van der Waals surface area contributed by atoms with Crippen molar-refractivity contribution in [2.45, 2.75) is 124 Å². The summed E-state index contributed by atoms with van der Waals surface area (Å²) in [6.07, 6.45) is 20.2. The Morgan fingerprint density at radius 2 is 1.24 bits per heavy atom. The summed E-state index contributed by atoms with van der Waals surface area (Å²) in [5.74, 6) is -0.348. The summed E-state index contributed by atoms with van der Waals surface area (Å²) in [7, 11) is 0. The first-order valence-electron chi connectivity index (χ1n) is 15.2. The number of aromatic nitrogens is 1. The Labute approximate surface area is 232 Å². The van der Waals surface area contributed by atoms with Gasteiger partial charge in [0.2, 0.25) is 11.6 Å². The second-order valence-electron chi connectivity index (χ2n) is 10.0. The zero-order valence-corrected chi connectivity index (χ0v) is 24.6. The van der Waals surface area contributed by atoms with Crippen molar-refractivity contribution in [2.75, 3.05) is 33.0 Å². The molecule has 38 heavy (non-hydrogen) atoms. The minimum Gasteiger partial charge on any atom is -0.447 e. The highest BCUT2D eigenvalue weighted by atomic mass is 16.6. The smallest absolute Gasteiger partial charge is 0.417 e. The van der Waals surface area contributed by atoms with Gasteiger partial charge in [-0.3, -0.25) is 4.79 Å². The molecule has 0 radical (unpaired) electrons. The number of hydrogen-bond donors (Lipinski definition) is 0. The van der Waals surface area contributed by atoms with Crippen molar-refractivity contribution >= 4 is 12.0 Å². The number of amides is 2. The summed E-state index contributed by atoms with van der Waals surface area (Å²) < 4.78 is 18.4. The molecule has 1 aromatic rings. The lowest BCUT2D eigenvalue weighted by Gasteiger charge is -2.17. The standard InChI is InChI=1S/C31H55N2O5/c1-4-6-7-8-9-10-11-12-13-14-15-16-17-20-23-36-24-25-37-26-27-38-31(35)33(29(3)34)28-30-21-18-19-22-32(30)5-2/h18-19,21-22H,4-17,20,23-28H2,1-3H3/q+1. The number of pyridine rings is 1. The first-order chi connectivity index (χ1) is 18.6. The summed E-state index contributed by atoms with van der Waals surface area (Å²) in [5.41, 5.74) is 0.870. The lowest BCUT2D eigenvalue weighted by molar-refractivity contribution is -0.701. The number of nitrogens with zero attached hydrogens (tertiary/aromatic N) is 2. The number of rotatable bonds is 24. The molecule has 0 aliphatic carbocycles. The Morgan fingerprint density at radius 1 is 0.711 bits per heavy atom. The SMILES string of the molecule is CCCCCCCCCCCCCCCCOCCOCCOC(=O)N(Cc1cccc[n+]1CC)C(C)=O. The lowest BCUT2D eigenvalue weighted by Crippen LogP contribution is -2.43. The van der Waals surface area contributed by atoms with Crippen molar-refractivity contribution in [1.82, 2.24) is 4.90 Å². The van der Waals surface area contributed by atoms with Gasteiger partial charge in [0.1, 0.15) is 19.7 Å². The molecule has 7 nitrogen and oxygen atoms in total. The predicted molar refractivity (Wildman–Crippen MR) is 152 cm³/mol. The van der Waals surface area contributed by atoms with Gasteiger partial charge in [-0.1, -0.05) is 96.5 Å². The number of aryl methyl sites for hydroxylation is 1. The molecule has 0 atom stereocenters. The van der Waals surface area contributed by atoms with Crippen LogP contribution in [0.15, 0.2) is 24.4 Å². The molecule has 0 fully saturated rings. The highest BCUT2D eigenvalue weighted by Gasteiger charge is 2.23. The molecular formula is C31H55N2O5+. The number of carbonyl (C=O) groups is 2. The van der Waals surface area contributed by atoms with E-state index in [1.165, 1.54) is 90.4 Å². The summed E-state index contributed by atoms with van der Waals surface area (Å²) in [6.45, 7) is 8.74. The number of ether oxygens (including phenoxy) is 3. The molecule has 1 heterocycles. The largest absolute Gasteiger partial charge is 0.447 e. The van der Waals surface area contributed by atoms with E-state index in [2.05, 4.69) is 6.92 Å². The Kier molecular flexibility index (Phi) is 21.6. The van der Waals surface area contributed by atoms with Crippen LogP contribution in [0, 0.1) is 0 Å². The highest BCUT2D eigenvalue weighted by Crippen LogP contribution is 2.13. The van der Waals surface area contributed by atoms with E-state index in [9.17, 15) is 9.59 Å². The van der Waals surface area contributed by atoms with Gasteiger partial charge in [0, 0.05) is 25.7 Å². The zero-order valence-electron chi connectivity index (χ0n) is 24.6. The van der Waals surface area contributed by atoms with Gasteiger partial charge in [0.05, 0.1) is 19.8 Å². The van der Waals surface area contributed by atoms with Gasteiger partial charge in [0.25, 0.3) is 0 Å². The maximum atomic E-state index is 12.4. The first-order valence-corrected chi connectivity index (χ1v) is 15.2. The number of imide groups is 1. The molecular weight excluding hydrogens is 480 g/mol. The fourth-order valence-electron chi connectivity index (χ4n) is 4.42. The third kappa shape index (κ3) is 17.5. The molecule has 0 unspecified atom stereocenters. The third-order valence-corrected chi connectivity index (χ3v) is 6.76. The van der Waals surface area contributed by atoms with Crippen LogP contribution in [0.4, 0.5) is 4.79 Å². The molecule has 1 aromatic heterocycles. The van der Waals surface area contributed by atoms with Crippen molar-refractivity contribution in [3.63, 3.8) is 0 Å². The minimum atomic E-state index is -0.651. The second-order valence-corrected chi connectivity index (χ2v) is 10.0. The van der Waals surface area contributed by atoms with Crippen LogP contribution in [-0.4, -0.2) is 49.9 Å². The number of unbranched alkanes of at least 4 members (excludes halogenated alkanes) is 13. The van der Waals surface area contributed by atoms with E-state index in [1.807, 2.05) is 35.9 Å². The van der Waals surface area contributed by atoms with Crippen LogP contribution in [0.2, 0.25) is 0 Å². The number of hydrogen-bond acceptors (Lipinski definition) is 5. The highest BCUT2D eigenvalue weighted by molar-refractivity contribution is 5.90. The van der Waals surface area contributed by atoms with E-state index in [0.717, 1.165) is 30.2 Å². The van der Waals surface area contributed by atoms with Gasteiger partial charge in [-0.05, 0) is 13.3 Å². The van der Waals surface area contributed by atoms with Gasteiger partial charge in [-0.15, -0.1) is 0 Å². The third-order valence-electron chi connectivity index (χ3n) is 6.76. The molecule has 0 bridgehead atoms.